The van der Waals surface area contributed by atoms with Crippen molar-refractivity contribution in [3.8, 4) is 0 Å². The van der Waals surface area contributed by atoms with Crippen LogP contribution in [0.1, 0.15) is 32.6 Å². The lowest BCUT2D eigenvalue weighted by atomic mass is 9.79. The van der Waals surface area contributed by atoms with E-state index in [0.29, 0.717) is 11.8 Å². The third kappa shape index (κ3) is 0.800. The summed E-state index contributed by atoms with van der Waals surface area (Å²) < 4.78 is 0. The molecule has 1 unspecified atom stereocenters. The average Bonchev–Trinajstić information content (AvgIpc) is 2.13. The highest BCUT2D eigenvalue weighted by Gasteiger charge is 2.41. The van der Waals surface area contributed by atoms with Gasteiger partial charge in [-0.25, -0.2) is 0 Å². The molecule has 2 bridgehead atoms. The Balaban J connectivity index is 2.13. The van der Waals surface area contributed by atoms with Crippen molar-refractivity contribution in [3.05, 3.63) is 0 Å². The van der Waals surface area contributed by atoms with E-state index < -0.39 is 0 Å². The Hall–Kier alpha value is -0.0400. The van der Waals surface area contributed by atoms with Gasteiger partial charge in [0.05, 0.1) is 6.10 Å². The summed E-state index contributed by atoms with van der Waals surface area (Å²) >= 11 is 0. The largest absolute Gasteiger partial charge is 0.393 e. The molecule has 0 aliphatic heterocycles. The smallest absolute Gasteiger partial charge is 0.0599 e. The molecule has 1 nitrogen and oxygen atoms in total. The van der Waals surface area contributed by atoms with Gasteiger partial charge >= 0.3 is 0 Å². The molecule has 0 aromatic heterocycles. The fraction of sp³-hybridized carbons (Fsp3) is 1.00. The highest BCUT2D eigenvalue weighted by molar-refractivity contribution is 4.91. The lowest BCUT2D eigenvalue weighted by Crippen LogP contribution is -2.30. The summed E-state index contributed by atoms with van der Waals surface area (Å²) in [5.41, 5.74) is 0. The topological polar surface area (TPSA) is 20.2 Å². The van der Waals surface area contributed by atoms with Crippen molar-refractivity contribution < 1.29 is 5.11 Å². The SMILES string of the molecule is C[C@H]1CC[C@@H]2CC[C@H]1C2O. The van der Waals surface area contributed by atoms with Gasteiger partial charge in [-0.1, -0.05) is 6.92 Å². The van der Waals surface area contributed by atoms with Crippen LogP contribution in [0.4, 0.5) is 0 Å². The quantitative estimate of drug-likeness (QED) is 0.544. The molecule has 10 heavy (non-hydrogen) atoms. The van der Waals surface area contributed by atoms with E-state index in [9.17, 15) is 5.11 Å². The van der Waals surface area contributed by atoms with E-state index in [-0.39, 0.29) is 6.10 Å². The normalized spacial score (nSPS) is 53.4. The van der Waals surface area contributed by atoms with E-state index in [4.69, 9.17) is 0 Å². The van der Waals surface area contributed by atoms with Gasteiger partial charge in [0.2, 0.25) is 0 Å². The van der Waals surface area contributed by atoms with Crippen LogP contribution in [0, 0.1) is 17.8 Å². The summed E-state index contributed by atoms with van der Waals surface area (Å²) in [5, 5.41) is 9.68. The second-order valence-corrected chi connectivity index (χ2v) is 4.05. The van der Waals surface area contributed by atoms with Crippen LogP contribution < -0.4 is 0 Å². The van der Waals surface area contributed by atoms with Gasteiger partial charge in [0.1, 0.15) is 0 Å². The van der Waals surface area contributed by atoms with Crippen LogP contribution in [0.15, 0.2) is 0 Å². The number of aliphatic hydroxyl groups is 1. The Morgan fingerprint density at radius 2 is 1.80 bits per heavy atom. The predicted molar refractivity (Wildman–Crippen MR) is 40.6 cm³/mol. The van der Waals surface area contributed by atoms with Crippen LogP contribution >= 0.6 is 0 Å². The van der Waals surface area contributed by atoms with Crippen molar-refractivity contribution in [2.45, 2.75) is 38.7 Å². The van der Waals surface area contributed by atoms with Crippen molar-refractivity contribution in [2.75, 3.05) is 0 Å². The van der Waals surface area contributed by atoms with Gasteiger partial charge in [-0.05, 0) is 43.4 Å². The number of hydrogen-bond donors (Lipinski definition) is 1. The second-order valence-electron chi connectivity index (χ2n) is 4.05. The van der Waals surface area contributed by atoms with E-state index in [1.54, 1.807) is 0 Å². The first-order valence-corrected chi connectivity index (χ1v) is 4.47. The average molecular weight is 140 g/mol. The molecule has 0 aromatic rings. The van der Waals surface area contributed by atoms with Gasteiger partial charge in [-0.3, -0.25) is 0 Å². The zero-order valence-electron chi connectivity index (χ0n) is 6.59. The maximum Gasteiger partial charge on any atom is 0.0599 e. The summed E-state index contributed by atoms with van der Waals surface area (Å²) in [4.78, 5) is 0. The Morgan fingerprint density at radius 1 is 1.10 bits per heavy atom. The summed E-state index contributed by atoms with van der Waals surface area (Å²) in [6.45, 7) is 2.29. The summed E-state index contributed by atoms with van der Waals surface area (Å²) in [6.07, 6.45) is 5.26. The van der Waals surface area contributed by atoms with Crippen LogP contribution in [0.5, 0.6) is 0 Å². The van der Waals surface area contributed by atoms with Gasteiger partial charge in [0.15, 0.2) is 0 Å². The molecule has 0 aromatic carbocycles. The van der Waals surface area contributed by atoms with Crippen molar-refractivity contribution in [1.29, 1.82) is 0 Å². The highest BCUT2D eigenvalue weighted by atomic mass is 16.3. The molecule has 4 atom stereocenters. The Kier molecular flexibility index (Phi) is 1.48. The molecule has 2 saturated carbocycles. The molecular weight excluding hydrogens is 124 g/mol. The van der Waals surface area contributed by atoms with Gasteiger partial charge < -0.3 is 5.11 Å². The fourth-order valence-electron chi connectivity index (χ4n) is 2.72. The van der Waals surface area contributed by atoms with E-state index >= 15 is 0 Å². The molecule has 1 N–H and O–H groups in total. The van der Waals surface area contributed by atoms with Crippen LogP contribution in [0.2, 0.25) is 0 Å². The first-order chi connectivity index (χ1) is 4.79. The zero-order chi connectivity index (χ0) is 7.14. The summed E-state index contributed by atoms with van der Waals surface area (Å²) in [6, 6.07) is 0. The lowest BCUT2D eigenvalue weighted by molar-refractivity contribution is 0.0333. The van der Waals surface area contributed by atoms with Crippen LogP contribution in [-0.2, 0) is 0 Å². The maximum absolute atomic E-state index is 9.68. The van der Waals surface area contributed by atoms with Gasteiger partial charge in [-0.2, -0.15) is 0 Å². The minimum Gasteiger partial charge on any atom is -0.393 e. The van der Waals surface area contributed by atoms with Crippen LogP contribution in [0.3, 0.4) is 0 Å². The minimum atomic E-state index is 0.0590. The minimum absolute atomic E-state index is 0.0590. The Labute approximate surface area is 62.4 Å². The molecule has 2 aliphatic rings. The van der Waals surface area contributed by atoms with Crippen molar-refractivity contribution in [2.24, 2.45) is 17.8 Å². The van der Waals surface area contributed by atoms with E-state index in [1.807, 2.05) is 0 Å². The van der Waals surface area contributed by atoms with Gasteiger partial charge in [0.25, 0.3) is 0 Å². The molecule has 1 heteroatoms. The monoisotopic (exact) mass is 140 g/mol. The third-order valence-electron chi connectivity index (χ3n) is 3.52. The molecule has 2 aliphatic carbocycles. The standard InChI is InChI=1S/C9H16O/c1-6-2-3-7-4-5-8(6)9(7)10/h6-10H,2-5H2,1H3/t6-,7+,8+,9?/m0/s1. The summed E-state index contributed by atoms with van der Waals surface area (Å²) in [5.74, 6) is 2.11. The first kappa shape index (κ1) is 6.66. The van der Waals surface area contributed by atoms with Crippen molar-refractivity contribution in [1.82, 2.24) is 0 Å². The van der Waals surface area contributed by atoms with E-state index in [1.165, 1.54) is 25.7 Å². The number of rotatable bonds is 0. The lowest BCUT2D eigenvalue weighted by Gasteiger charge is -2.30. The summed E-state index contributed by atoms with van der Waals surface area (Å²) in [7, 11) is 0. The van der Waals surface area contributed by atoms with E-state index in [0.717, 1.165) is 5.92 Å². The first-order valence-electron chi connectivity index (χ1n) is 4.47. The molecule has 0 spiro atoms. The van der Waals surface area contributed by atoms with Gasteiger partial charge in [-0.15, -0.1) is 0 Å². The molecule has 2 rings (SSSR count). The Morgan fingerprint density at radius 3 is 2.50 bits per heavy atom. The van der Waals surface area contributed by atoms with E-state index in [2.05, 4.69) is 6.92 Å². The fourth-order valence-corrected chi connectivity index (χ4v) is 2.72. The third-order valence-corrected chi connectivity index (χ3v) is 3.52. The molecule has 0 radical (unpaired) electrons. The van der Waals surface area contributed by atoms with Crippen molar-refractivity contribution in [3.63, 3.8) is 0 Å². The number of aliphatic hydroxyl groups excluding tert-OH is 1. The molecule has 0 heterocycles. The maximum atomic E-state index is 9.68. The number of fused-ring (bicyclic) bond motifs is 2. The zero-order valence-corrected chi connectivity index (χ0v) is 6.59. The molecular formula is C9H16O. The molecule has 58 valence electrons. The van der Waals surface area contributed by atoms with Crippen molar-refractivity contribution >= 4 is 0 Å². The second kappa shape index (κ2) is 2.23. The van der Waals surface area contributed by atoms with Crippen LogP contribution in [-0.4, -0.2) is 11.2 Å². The number of hydrogen-bond acceptors (Lipinski definition) is 1. The molecule has 0 amide bonds. The predicted octanol–water partition coefficient (Wildman–Crippen LogP) is 1.80. The highest BCUT2D eigenvalue weighted by Crippen LogP contribution is 2.45. The van der Waals surface area contributed by atoms with Crippen LogP contribution in [0.25, 0.3) is 0 Å². The Bertz CT molecular complexity index is 133. The molecule has 2 fully saturated rings. The van der Waals surface area contributed by atoms with Gasteiger partial charge in [0, 0.05) is 0 Å². The molecule has 0 saturated heterocycles.